The maximum absolute atomic E-state index is 13.5. The highest BCUT2D eigenvalue weighted by atomic mass is 79.9. The molecule has 0 fully saturated rings. The minimum Gasteiger partial charge on any atom is -0.487 e. The van der Waals surface area contributed by atoms with Crippen LogP contribution in [0.5, 0.6) is 5.75 Å². The SMILES string of the molecule is NC(=S)c1cc(COc2c(Br)cc(Br)cc2Br)ccc1F. The number of hydrogen-bond donors (Lipinski definition) is 1. The molecule has 110 valence electrons. The molecule has 0 unspecified atom stereocenters. The molecule has 0 saturated heterocycles. The zero-order valence-corrected chi connectivity index (χ0v) is 16.1. The Labute approximate surface area is 152 Å². The van der Waals surface area contributed by atoms with Crippen molar-refractivity contribution >= 4 is 65.0 Å². The molecular weight excluding hydrogens is 489 g/mol. The maximum atomic E-state index is 13.5. The van der Waals surface area contributed by atoms with Gasteiger partial charge in [-0.2, -0.15) is 0 Å². The Hall–Kier alpha value is -0.500. The summed E-state index contributed by atoms with van der Waals surface area (Å²) in [5, 5.41) is 0. The van der Waals surface area contributed by atoms with Crippen LogP contribution >= 0.6 is 60.0 Å². The molecule has 0 atom stereocenters. The van der Waals surface area contributed by atoms with Crippen molar-refractivity contribution in [1.82, 2.24) is 0 Å². The average molecular weight is 498 g/mol. The van der Waals surface area contributed by atoms with Crippen LogP contribution in [0.2, 0.25) is 0 Å². The molecule has 2 nitrogen and oxygen atoms in total. The van der Waals surface area contributed by atoms with Crippen LogP contribution in [0.15, 0.2) is 43.7 Å². The van der Waals surface area contributed by atoms with E-state index in [9.17, 15) is 4.39 Å². The Bertz CT molecular complexity index is 686. The van der Waals surface area contributed by atoms with Crippen molar-refractivity contribution < 1.29 is 9.13 Å². The first kappa shape index (κ1) is 16.9. The van der Waals surface area contributed by atoms with Crippen LogP contribution in [0.4, 0.5) is 4.39 Å². The van der Waals surface area contributed by atoms with Gasteiger partial charge in [-0.1, -0.05) is 34.2 Å². The van der Waals surface area contributed by atoms with E-state index >= 15 is 0 Å². The maximum Gasteiger partial charge on any atom is 0.148 e. The van der Waals surface area contributed by atoms with Gasteiger partial charge in [0.15, 0.2) is 0 Å². The van der Waals surface area contributed by atoms with E-state index in [1.165, 1.54) is 6.07 Å². The highest BCUT2D eigenvalue weighted by Gasteiger charge is 2.10. The fourth-order valence-corrected chi connectivity index (χ4v) is 4.32. The lowest BCUT2D eigenvalue weighted by Gasteiger charge is -2.12. The molecule has 0 heterocycles. The van der Waals surface area contributed by atoms with Gasteiger partial charge >= 0.3 is 0 Å². The molecule has 0 aliphatic rings. The zero-order valence-electron chi connectivity index (χ0n) is 10.5. The third kappa shape index (κ3) is 4.25. The lowest BCUT2D eigenvalue weighted by atomic mass is 10.1. The van der Waals surface area contributed by atoms with Gasteiger partial charge in [0, 0.05) is 10.0 Å². The summed E-state index contributed by atoms with van der Waals surface area (Å²) in [6.07, 6.45) is 0. The van der Waals surface area contributed by atoms with Crippen molar-refractivity contribution in [2.45, 2.75) is 6.61 Å². The van der Waals surface area contributed by atoms with Crippen molar-refractivity contribution in [3.63, 3.8) is 0 Å². The number of nitrogens with two attached hydrogens (primary N) is 1. The highest BCUT2D eigenvalue weighted by Crippen LogP contribution is 2.36. The van der Waals surface area contributed by atoms with Gasteiger partial charge < -0.3 is 10.5 Å². The Morgan fingerprint density at radius 1 is 1.14 bits per heavy atom. The molecule has 0 amide bonds. The minimum absolute atomic E-state index is 0.0281. The Kier molecular flexibility index (Phi) is 5.76. The molecular formula is C14H9Br3FNOS. The Morgan fingerprint density at radius 3 is 2.33 bits per heavy atom. The molecule has 2 aromatic carbocycles. The third-order valence-electron chi connectivity index (χ3n) is 2.64. The van der Waals surface area contributed by atoms with Gasteiger partial charge in [-0.05, 0) is 61.7 Å². The average Bonchev–Trinajstić information content (AvgIpc) is 2.38. The summed E-state index contributed by atoms with van der Waals surface area (Å²) in [6.45, 7) is 0.273. The van der Waals surface area contributed by atoms with Crippen LogP contribution in [-0.4, -0.2) is 4.99 Å². The van der Waals surface area contributed by atoms with E-state index in [-0.39, 0.29) is 17.2 Å². The second-order valence-electron chi connectivity index (χ2n) is 4.17. The molecule has 0 aliphatic heterocycles. The van der Waals surface area contributed by atoms with Gasteiger partial charge in [-0.3, -0.25) is 0 Å². The number of rotatable bonds is 4. The summed E-state index contributed by atoms with van der Waals surface area (Å²) < 4.78 is 21.8. The van der Waals surface area contributed by atoms with Crippen molar-refractivity contribution in [2.75, 3.05) is 0 Å². The Balaban J connectivity index is 2.21. The number of ether oxygens (including phenoxy) is 1. The number of benzene rings is 2. The van der Waals surface area contributed by atoms with Crippen LogP contribution in [0, 0.1) is 5.82 Å². The van der Waals surface area contributed by atoms with Gasteiger partial charge in [0.05, 0.1) is 8.95 Å². The molecule has 0 radical (unpaired) electrons. The predicted molar refractivity (Wildman–Crippen MR) is 96.2 cm³/mol. The van der Waals surface area contributed by atoms with Crippen LogP contribution < -0.4 is 10.5 Å². The number of hydrogen-bond acceptors (Lipinski definition) is 2. The smallest absolute Gasteiger partial charge is 0.148 e. The molecule has 2 aromatic rings. The van der Waals surface area contributed by atoms with Crippen molar-refractivity contribution in [3.8, 4) is 5.75 Å². The van der Waals surface area contributed by atoms with Gasteiger partial charge in [0.25, 0.3) is 0 Å². The first-order valence-electron chi connectivity index (χ1n) is 5.74. The lowest BCUT2D eigenvalue weighted by Crippen LogP contribution is -2.12. The van der Waals surface area contributed by atoms with E-state index in [1.807, 2.05) is 12.1 Å². The summed E-state index contributed by atoms with van der Waals surface area (Å²) in [6, 6.07) is 8.32. The summed E-state index contributed by atoms with van der Waals surface area (Å²) >= 11 is 15.1. The van der Waals surface area contributed by atoms with E-state index in [2.05, 4.69) is 47.8 Å². The first-order chi connectivity index (χ1) is 9.88. The molecule has 0 saturated carbocycles. The normalized spacial score (nSPS) is 10.5. The largest absolute Gasteiger partial charge is 0.487 e. The second kappa shape index (κ2) is 7.17. The summed E-state index contributed by atoms with van der Waals surface area (Å²) in [7, 11) is 0. The third-order valence-corrected chi connectivity index (χ3v) is 4.50. The van der Waals surface area contributed by atoms with E-state index in [0.717, 1.165) is 19.0 Å². The summed E-state index contributed by atoms with van der Waals surface area (Å²) in [4.78, 5) is 0.0281. The number of halogens is 4. The van der Waals surface area contributed by atoms with Gasteiger partial charge in [-0.25, -0.2) is 4.39 Å². The minimum atomic E-state index is -0.433. The fraction of sp³-hybridized carbons (Fsp3) is 0.0714. The fourth-order valence-electron chi connectivity index (χ4n) is 1.67. The molecule has 2 rings (SSSR count). The molecule has 0 spiro atoms. The van der Waals surface area contributed by atoms with Crippen LogP contribution in [0.3, 0.4) is 0 Å². The van der Waals surface area contributed by atoms with Gasteiger partial charge in [-0.15, -0.1) is 0 Å². The van der Waals surface area contributed by atoms with Crippen molar-refractivity contribution in [3.05, 3.63) is 60.7 Å². The predicted octanol–water partition coefficient (Wildman–Crippen LogP) is 5.33. The zero-order chi connectivity index (χ0) is 15.6. The van der Waals surface area contributed by atoms with E-state index in [4.69, 9.17) is 22.7 Å². The molecule has 2 N–H and O–H groups in total. The topological polar surface area (TPSA) is 35.2 Å². The van der Waals surface area contributed by atoms with Crippen molar-refractivity contribution in [2.24, 2.45) is 5.73 Å². The first-order valence-corrected chi connectivity index (χ1v) is 8.53. The molecule has 0 aromatic heterocycles. The van der Waals surface area contributed by atoms with Gasteiger partial charge in [0.2, 0.25) is 0 Å². The molecule has 7 heteroatoms. The van der Waals surface area contributed by atoms with Crippen LogP contribution in [-0.2, 0) is 6.61 Å². The monoisotopic (exact) mass is 495 g/mol. The van der Waals surface area contributed by atoms with Crippen LogP contribution in [0.1, 0.15) is 11.1 Å². The second-order valence-corrected chi connectivity index (χ2v) is 7.23. The van der Waals surface area contributed by atoms with Crippen LogP contribution in [0.25, 0.3) is 0 Å². The molecule has 0 aliphatic carbocycles. The summed E-state index contributed by atoms with van der Waals surface area (Å²) in [5.74, 6) is 0.233. The summed E-state index contributed by atoms with van der Waals surface area (Å²) in [5.41, 5.74) is 6.49. The Morgan fingerprint density at radius 2 is 1.76 bits per heavy atom. The molecule has 0 bridgehead atoms. The standard InChI is InChI=1S/C14H9Br3FNOS/c15-8-4-10(16)13(11(17)5-8)20-6-7-1-2-12(18)9(3-7)14(19)21/h1-5H,6H2,(H2,19,21). The highest BCUT2D eigenvalue weighted by molar-refractivity contribution is 9.11. The quantitative estimate of drug-likeness (QED) is 0.580. The molecule has 21 heavy (non-hydrogen) atoms. The van der Waals surface area contributed by atoms with E-state index < -0.39 is 5.82 Å². The number of thiocarbonyl (C=S) groups is 1. The van der Waals surface area contributed by atoms with Gasteiger partial charge in [0.1, 0.15) is 23.2 Å². The lowest BCUT2D eigenvalue weighted by molar-refractivity contribution is 0.302. The van der Waals surface area contributed by atoms with E-state index in [0.29, 0.717) is 5.75 Å². The van der Waals surface area contributed by atoms with E-state index in [1.54, 1.807) is 12.1 Å². The van der Waals surface area contributed by atoms with Crippen molar-refractivity contribution in [1.29, 1.82) is 0 Å².